The molecule has 128 valence electrons. The molecule has 1 aromatic carbocycles. The Hall–Kier alpha value is -1.33. The summed E-state index contributed by atoms with van der Waals surface area (Å²) in [5.74, 6) is 0.822. The van der Waals surface area contributed by atoms with Gasteiger partial charge in [0.15, 0.2) is 0 Å². The number of ether oxygens (including phenoxy) is 1. The molecular formula is C17H24ClFN2O2. The predicted molar refractivity (Wildman–Crippen MR) is 89.4 cm³/mol. The van der Waals surface area contributed by atoms with Crippen LogP contribution in [-0.4, -0.2) is 44.1 Å². The van der Waals surface area contributed by atoms with Gasteiger partial charge in [-0.3, -0.25) is 4.79 Å². The SMILES string of the molecule is CNCCC1CCN(C(=O)CCOc2ccc(F)cc2Cl)CC1. The topological polar surface area (TPSA) is 41.6 Å². The number of likely N-dealkylation sites (tertiary alicyclic amines) is 1. The van der Waals surface area contributed by atoms with Gasteiger partial charge in [-0.1, -0.05) is 11.6 Å². The number of amides is 1. The van der Waals surface area contributed by atoms with Crippen LogP contribution >= 0.6 is 11.6 Å². The standard InChI is InChI=1S/C17H24ClFN2O2/c1-20-8-4-13-5-9-21(10-6-13)17(22)7-11-23-16-3-2-14(19)12-15(16)18/h2-3,12-13,20H,4-11H2,1H3. The molecule has 1 amide bonds. The van der Waals surface area contributed by atoms with Crippen molar-refractivity contribution in [3.05, 3.63) is 29.0 Å². The molecule has 4 nitrogen and oxygen atoms in total. The molecule has 23 heavy (non-hydrogen) atoms. The van der Waals surface area contributed by atoms with Crippen molar-refractivity contribution in [2.75, 3.05) is 33.3 Å². The minimum Gasteiger partial charge on any atom is -0.491 e. The van der Waals surface area contributed by atoms with Crippen LogP contribution in [0.2, 0.25) is 5.02 Å². The fraction of sp³-hybridized carbons (Fsp3) is 0.588. The lowest BCUT2D eigenvalue weighted by Crippen LogP contribution is -2.39. The second kappa shape index (κ2) is 9.08. The molecule has 1 saturated heterocycles. The molecule has 0 aliphatic carbocycles. The van der Waals surface area contributed by atoms with E-state index in [1.807, 2.05) is 11.9 Å². The minimum atomic E-state index is -0.403. The van der Waals surface area contributed by atoms with E-state index >= 15 is 0 Å². The van der Waals surface area contributed by atoms with Gasteiger partial charge in [-0.05, 0) is 57.0 Å². The predicted octanol–water partition coefficient (Wildman–Crippen LogP) is 3.10. The van der Waals surface area contributed by atoms with Gasteiger partial charge < -0.3 is 15.0 Å². The Kier molecular flexibility index (Phi) is 7.12. The smallest absolute Gasteiger partial charge is 0.225 e. The minimum absolute atomic E-state index is 0.107. The van der Waals surface area contributed by atoms with Crippen molar-refractivity contribution in [1.82, 2.24) is 10.2 Å². The highest BCUT2D eigenvalue weighted by atomic mass is 35.5. The van der Waals surface area contributed by atoms with Crippen LogP contribution in [0.1, 0.15) is 25.7 Å². The first-order valence-corrected chi connectivity index (χ1v) is 8.48. The van der Waals surface area contributed by atoms with Gasteiger partial charge in [0.25, 0.3) is 0 Å². The summed E-state index contributed by atoms with van der Waals surface area (Å²) in [4.78, 5) is 14.1. The maximum Gasteiger partial charge on any atom is 0.225 e. The molecule has 1 aliphatic heterocycles. The zero-order valence-electron chi connectivity index (χ0n) is 13.5. The Labute approximate surface area is 141 Å². The summed E-state index contributed by atoms with van der Waals surface area (Å²) >= 11 is 5.89. The summed E-state index contributed by atoms with van der Waals surface area (Å²) in [6.07, 6.45) is 3.62. The lowest BCUT2D eigenvalue weighted by Gasteiger charge is -2.32. The molecule has 1 heterocycles. The van der Waals surface area contributed by atoms with Gasteiger partial charge in [0, 0.05) is 13.1 Å². The highest BCUT2D eigenvalue weighted by molar-refractivity contribution is 6.32. The van der Waals surface area contributed by atoms with E-state index in [0.29, 0.717) is 18.1 Å². The lowest BCUT2D eigenvalue weighted by molar-refractivity contribution is -0.133. The number of carbonyl (C=O) groups excluding carboxylic acids is 1. The van der Waals surface area contributed by atoms with Crippen LogP contribution in [0.5, 0.6) is 5.75 Å². The van der Waals surface area contributed by atoms with Crippen molar-refractivity contribution in [3.8, 4) is 5.75 Å². The second-order valence-electron chi connectivity index (χ2n) is 5.89. The number of halogens is 2. The van der Waals surface area contributed by atoms with Crippen molar-refractivity contribution in [2.24, 2.45) is 5.92 Å². The highest BCUT2D eigenvalue weighted by Crippen LogP contribution is 2.25. The van der Waals surface area contributed by atoms with Crippen LogP contribution in [0.4, 0.5) is 4.39 Å². The fourth-order valence-corrected chi connectivity index (χ4v) is 3.04. The van der Waals surface area contributed by atoms with Crippen molar-refractivity contribution < 1.29 is 13.9 Å². The van der Waals surface area contributed by atoms with E-state index in [9.17, 15) is 9.18 Å². The molecule has 1 aliphatic rings. The monoisotopic (exact) mass is 342 g/mol. The summed E-state index contributed by atoms with van der Waals surface area (Å²) in [5, 5.41) is 3.39. The zero-order chi connectivity index (χ0) is 16.7. The average molecular weight is 343 g/mol. The molecule has 0 spiro atoms. The van der Waals surface area contributed by atoms with E-state index in [4.69, 9.17) is 16.3 Å². The number of nitrogens with one attached hydrogen (secondary N) is 1. The molecule has 1 fully saturated rings. The van der Waals surface area contributed by atoms with Gasteiger partial charge in [0.2, 0.25) is 5.91 Å². The number of hydrogen-bond donors (Lipinski definition) is 1. The summed E-state index contributed by atoms with van der Waals surface area (Å²) in [6, 6.07) is 3.98. The van der Waals surface area contributed by atoms with E-state index in [-0.39, 0.29) is 17.5 Å². The molecule has 1 N–H and O–H groups in total. The van der Waals surface area contributed by atoms with Crippen molar-refractivity contribution in [1.29, 1.82) is 0 Å². The van der Waals surface area contributed by atoms with Crippen LogP contribution < -0.4 is 10.1 Å². The van der Waals surface area contributed by atoms with Gasteiger partial charge in [-0.2, -0.15) is 0 Å². The van der Waals surface area contributed by atoms with Gasteiger partial charge in [0.05, 0.1) is 18.1 Å². The van der Waals surface area contributed by atoms with E-state index in [1.54, 1.807) is 0 Å². The van der Waals surface area contributed by atoms with Crippen LogP contribution in [0.3, 0.4) is 0 Å². The first-order valence-electron chi connectivity index (χ1n) is 8.10. The van der Waals surface area contributed by atoms with E-state index in [0.717, 1.165) is 32.5 Å². The van der Waals surface area contributed by atoms with Gasteiger partial charge in [0.1, 0.15) is 11.6 Å². The molecule has 0 radical (unpaired) electrons. The summed E-state index contributed by atoms with van der Waals surface area (Å²) in [6.45, 7) is 2.93. The zero-order valence-corrected chi connectivity index (χ0v) is 14.2. The largest absolute Gasteiger partial charge is 0.491 e. The summed E-state index contributed by atoms with van der Waals surface area (Å²) in [7, 11) is 1.96. The van der Waals surface area contributed by atoms with Crippen molar-refractivity contribution in [3.63, 3.8) is 0 Å². The highest BCUT2D eigenvalue weighted by Gasteiger charge is 2.22. The molecule has 0 saturated carbocycles. The number of benzene rings is 1. The van der Waals surface area contributed by atoms with Gasteiger partial charge in [-0.15, -0.1) is 0 Å². The molecule has 0 aromatic heterocycles. The lowest BCUT2D eigenvalue weighted by atomic mass is 9.93. The third-order valence-electron chi connectivity index (χ3n) is 4.24. The number of piperidine rings is 1. The fourth-order valence-electron chi connectivity index (χ4n) is 2.82. The van der Waals surface area contributed by atoms with Crippen LogP contribution in [-0.2, 0) is 4.79 Å². The van der Waals surface area contributed by atoms with Gasteiger partial charge >= 0.3 is 0 Å². The number of nitrogens with zero attached hydrogens (tertiary/aromatic N) is 1. The first kappa shape index (κ1) is 18.0. The van der Waals surface area contributed by atoms with Gasteiger partial charge in [-0.25, -0.2) is 4.39 Å². The maximum absolute atomic E-state index is 12.9. The molecule has 2 rings (SSSR count). The van der Waals surface area contributed by atoms with Crippen molar-refractivity contribution >= 4 is 17.5 Å². The first-order chi connectivity index (χ1) is 11.1. The Morgan fingerprint density at radius 1 is 1.43 bits per heavy atom. The molecule has 1 aromatic rings. The van der Waals surface area contributed by atoms with E-state index in [1.165, 1.54) is 24.6 Å². The van der Waals surface area contributed by atoms with E-state index in [2.05, 4.69) is 5.32 Å². The maximum atomic E-state index is 12.9. The van der Waals surface area contributed by atoms with Crippen LogP contribution in [0, 0.1) is 11.7 Å². The molecular weight excluding hydrogens is 319 g/mol. The Bertz CT molecular complexity index is 519. The summed E-state index contributed by atoms with van der Waals surface area (Å²) < 4.78 is 18.4. The van der Waals surface area contributed by atoms with Crippen LogP contribution in [0.15, 0.2) is 18.2 Å². The van der Waals surface area contributed by atoms with Crippen LogP contribution in [0.25, 0.3) is 0 Å². The third kappa shape index (κ3) is 5.66. The Morgan fingerprint density at radius 2 is 2.17 bits per heavy atom. The Balaban J connectivity index is 1.69. The van der Waals surface area contributed by atoms with Crippen molar-refractivity contribution in [2.45, 2.75) is 25.7 Å². The molecule has 0 bridgehead atoms. The average Bonchev–Trinajstić information content (AvgIpc) is 2.55. The number of hydrogen-bond acceptors (Lipinski definition) is 3. The molecule has 6 heteroatoms. The normalized spacial score (nSPS) is 15.7. The Morgan fingerprint density at radius 3 is 2.83 bits per heavy atom. The van der Waals surface area contributed by atoms with E-state index < -0.39 is 5.82 Å². The number of carbonyl (C=O) groups is 1. The quantitative estimate of drug-likeness (QED) is 0.828. The summed E-state index contributed by atoms with van der Waals surface area (Å²) in [5.41, 5.74) is 0. The number of rotatable bonds is 7. The third-order valence-corrected chi connectivity index (χ3v) is 4.53. The molecule has 0 atom stereocenters. The second-order valence-corrected chi connectivity index (χ2v) is 6.30. The molecule has 0 unspecified atom stereocenters.